The molecule has 3 aromatic carbocycles. The molecule has 1 aliphatic heterocycles. The molecule has 0 radical (unpaired) electrons. The van der Waals surface area contributed by atoms with Crippen molar-refractivity contribution in [1.82, 2.24) is 8.28 Å². The molecule has 0 spiro atoms. The minimum absolute atomic E-state index is 0.000223. The highest BCUT2D eigenvalue weighted by Crippen LogP contribution is 2.41. The van der Waals surface area contributed by atoms with E-state index in [2.05, 4.69) is 0 Å². The molecule has 0 bridgehead atoms. The first-order valence-electron chi connectivity index (χ1n) is 11.4. The van der Waals surface area contributed by atoms with E-state index in [-0.39, 0.29) is 30.1 Å². The van der Waals surface area contributed by atoms with E-state index in [0.717, 1.165) is 14.3 Å². The Morgan fingerprint density at radius 3 is 2.16 bits per heavy atom. The fourth-order valence-corrected chi connectivity index (χ4v) is 7.90. The van der Waals surface area contributed by atoms with Crippen LogP contribution in [0.25, 0.3) is 10.9 Å². The predicted octanol–water partition coefficient (Wildman–Crippen LogP) is 3.55. The van der Waals surface area contributed by atoms with Crippen molar-refractivity contribution in [3.63, 3.8) is 0 Å². The van der Waals surface area contributed by atoms with Gasteiger partial charge in [0.1, 0.15) is 0 Å². The van der Waals surface area contributed by atoms with Crippen molar-refractivity contribution in [2.75, 3.05) is 20.8 Å². The maximum atomic E-state index is 13.9. The van der Waals surface area contributed by atoms with Gasteiger partial charge in [-0.1, -0.05) is 30.3 Å². The zero-order valence-corrected chi connectivity index (χ0v) is 22.0. The smallest absolute Gasteiger partial charge is 0.289 e. The second kappa shape index (κ2) is 9.42. The van der Waals surface area contributed by atoms with Crippen molar-refractivity contribution in [1.29, 1.82) is 0 Å². The normalized spacial score (nSPS) is 14.3. The summed E-state index contributed by atoms with van der Waals surface area (Å²) < 4.78 is 68.1. The lowest BCUT2D eigenvalue weighted by Gasteiger charge is -2.27. The summed E-state index contributed by atoms with van der Waals surface area (Å²) in [6.45, 7) is -0.310. The van der Waals surface area contributed by atoms with E-state index in [9.17, 15) is 26.9 Å². The third kappa shape index (κ3) is 3.99. The third-order valence-corrected chi connectivity index (χ3v) is 10.2. The van der Waals surface area contributed by atoms with Gasteiger partial charge in [-0.3, -0.25) is 10.1 Å². The van der Waals surface area contributed by atoms with Crippen molar-refractivity contribution in [3.05, 3.63) is 88.1 Å². The first-order valence-corrected chi connectivity index (χ1v) is 14.3. The summed E-state index contributed by atoms with van der Waals surface area (Å²) in [6.07, 6.45) is 0.179. The van der Waals surface area contributed by atoms with E-state index in [1.54, 1.807) is 30.3 Å². The van der Waals surface area contributed by atoms with Gasteiger partial charge in [-0.15, -0.1) is 0 Å². The van der Waals surface area contributed by atoms with Crippen LogP contribution in [0.2, 0.25) is 0 Å². The number of nitro groups is 1. The first-order chi connectivity index (χ1) is 18.1. The Morgan fingerprint density at radius 1 is 0.868 bits per heavy atom. The molecule has 0 unspecified atom stereocenters. The number of ether oxygens (including phenoxy) is 2. The molecule has 4 aromatic rings. The van der Waals surface area contributed by atoms with Crippen molar-refractivity contribution >= 4 is 36.6 Å². The predicted molar refractivity (Wildman–Crippen MR) is 138 cm³/mol. The van der Waals surface area contributed by atoms with E-state index in [4.69, 9.17) is 9.47 Å². The number of rotatable bonds is 7. The van der Waals surface area contributed by atoms with Gasteiger partial charge in [0, 0.05) is 24.1 Å². The van der Waals surface area contributed by atoms with E-state index < -0.39 is 35.6 Å². The fraction of sp³-hybridized carbons (Fsp3) is 0.200. The Labute approximate surface area is 219 Å². The van der Waals surface area contributed by atoms with Crippen molar-refractivity contribution in [3.8, 4) is 11.5 Å². The minimum Gasteiger partial charge on any atom is -0.493 e. The molecule has 0 saturated heterocycles. The number of hydrogen-bond acceptors (Lipinski definition) is 8. The van der Waals surface area contributed by atoms with Gasteiger partial charge in [0.2, 0.25) is 10.0 Å². The highest BCUT2D eigenvalue weighted by molar-refractivity contribution is 7.90. The molecule has 2 heterocycles. The van der Waals surface area contributed by atoms with Crippen molar-refractivity contribution in [2.45, 2.75) is 22.8 Å². The summed E-state index contributed by atoms with van der Waals surface area (Å²) in [5.41, 5.74) is 0.647. The molecule has 0 aliphatic carbocycles. The lowest BCUT2D eigenvalue weighted by molar-refractivity contribution is -0.387. The number of methoxy groups -OCH3 is 2. The molecular weight excluding hydrogens is 534 g/mol. The largest absolute Gasteiger partial charge is 0.493 e. The van der Waals surface area contributed by atoms with Gasteiger partial charge in [0.25, 0.3) is 15.7 Å². The summed E-state index contributed by atoms with van der Waals surface area (Å²) in [5, 5.41) is 12.1. The number of aromatic nitrogens is 1. The average Bonchev–Trinajstić information content (AvgIpc) is 3.25. The van der Waals surface area contributed by atoms with Crippen molar-refractivity contribution < 1.29 is 31.2 Å². The second-order valence-electron chi connectivity index (χ2n) is 8.55. The summed E-state index contributed by atoms with van der Waals surface area (Å²) >= 11 is 0. The number of hydrogen-bond donors (Lipinski definition) is 0. The van der Waals surface area contributed by atoms with Crippen LogP contribution < -0.4 is 9.47 Å². The summed E-state index contributed by atoms with van der Waals surface area (Å²) in [6, 6.07) is 16.1. The maximum absolute atomic E-state index is 13.9. The lowest BCUT2D eigenvalue weighted by Crippen LogP contribution is -2.37. The van der Waals surface area contributed by atoms with E-state index >= 15 is 0 Å². The molecule has 38 heavy (non-hydrogen) atoms. The van der Waals surface area contributed by atoms with Gasteiger partial charge in [0.05, 0.1) is 41.8 Å². The first kappa shape index (κ1) is 25.7. The Bertz CT molecular complexity index is 1780. The molecule has 0 atom stereocenters. The van der Waals surface area contributed by atoms with Crippen LogP contribution >= 0.6 is 0 Å². The maximum Gasteiger partial charge on any atom is 0.289 e. The van der Waals surface area contributed by atoms with Crippen LogP contribution in [0, 0.1) is 10.1 Å². The van der Waals surface area contributed by atoms with Gasteiger partial charge in [-0.05, 0) is 36.2 Å². The van der Waals surface area contributed by atoms with Gasteiger partial charge < -0.3 is 9.47 Å². The summed E-state index contributed by atoms with van der Waals surface area (Å²) in [7, 11) is -5.61. The summed E-state index contributed by atoms with van der Waals surface area (Å²) in [4.78, 5) is 10.4. The molecule has 5 rings (SSSR count). The van der Waals surface area contributed by atoms with Crippen LogP contribution in [0.4, 0.5) is 5.69 Å². The van der Waals surface area contributed by atoms with Gasteiger partial charge in [0.15, 0.2) is 16.4 Å². The zero-order chi connectivity index (χ0) is 27.2. The number of fused-ring (bicyclic) bond motifs is 3. The fourth-order valence-electron chi connectivity index (χ4n) is 4.77. The number of nitro benzene ring substituents is 1. The Kier molecular flexibility index (Phi) is 6.37. The average molecular weight is 558 g/mol. The van der Waals surface area contributed by atoms with Gasteiger partial charge in [-0.2, -0.15) is 4.31 Å². The molecular formula is C25H23N3O8S2. The van der Waals surface area contributed by atoms with Crippen LogP contribution in [0.3, 0.4) is 0 Å². The highest BCUT2D eigenvalue weighted by atomic mass is 32.2. The number of benzene rings is 3. The molecule has 1 aromatic heterocycles. The summed E-state index contributed by atoms with van der Waals surface area (Å²) in [5.74, 6) is 0.704. The number of nitrogens with zero attached hydrogens (tertiary/aromatic N) is 3. The molecule has 0 saturated carbocycles. The molecule has 0 N–H and O–H groups in total. The monoisotopic (exact) mass is 557 g/mol. The Balaban J connectivity index is 1.75. The van der Waals surface area contributed by atoms with Crippen LogP contribution in [-0.2, 0) is 33.0 Å². The highest BCUT2D eigenvalue weighted by Gasteiger charge is 2.38. The SMILES string of the molecule is COc1cc2c3c(n(S(=O)(=O)c4ccccc4)c2cc1OC)CN(S(=O)(=O)c1ccccc1[N+](=O)[O-])CC3. The van der Waals surface area contributed by atoms with Gasteiger partial charge >= 0.3 is 0 Å². The molecule has 1 aliphatic rings. The Hall–Kier alpha value is -3.94. The van der Waals surface area contributed by atoms with Crippen molar-refractivity contribution in [2.24, 2.45) is 0 Å². The molecule has 0 amide bonds. The number of sulfonamides is 1. The van der Waals surface area contributed by atoms with E-state index in [1.807, 2.05) is 0 Å². The van der Waals surface area contributed by atoms with E-state index in [1.165, 1.54) is 44.6 Å². The minimum atomic E-state index is -4.34. The lowest BCUT2D eigenvalue weighted by atomic mass is 10.0. The molecule has 0 fully saturated rings. The van der Waals surface area contributed by atoms with E-state index in [0.29, 0.717) is 28.0 Å². The quantitative estimate of drug-likeness (QED) is 0.248. The number of para-hydroxylation sites is 1. The third-order valence-electron chi connectivity index (χ3n) is 6.54. The Morgan fingerprint density at radius 2 is 1.50 bits per heavy atom. The zero-order valence-electron chi connectivity index (χ0n) is 20.4. The van der Waals surface area contributed by atoms with Crippen LogP contribution in [0.15, 0.2) is 76.5 Å². The standard InChI is InChI=1S/C25H23N3O8S2/c1-35-23-14-19-18-12-13-26(38(33,34)25-11-7-6-10-20(25)28(29)30)16-22(18)27(21(19)15-24(23)36-2)37(31,32)17-8-4-3-5-9-17/h3-11,14-15H,12-13,16H2,1-2H3. The van der Waals surface area contributed by atoms with Crippen LogP contribution in [0.1, 0.15) is 11.3 Å². The topological polar surface area (TPSA) is 138 Å². The van der Waals surface area contributed by atoms with Crippen LogP contribution in [0.5, 0.6) is 11.5 Å². The molecule has 11 nitrogen and oxygen atoms in total. The second-order valence-corrected chi connectivity index (χ2v) is 12.2. The van der Waals surface area contributed by atoms with Crippen LogP contribution in [-0.4, -0.2) is 50.8 Å². The molecule has 13 heteroatoms. The van der Waals surface area contributed by atoms with Gasteiger partial charge in [-0.25, -0.2) is 20.8 Å². The molecule has 198 valence electrons.